The minimum absolute atomic E-state index is 0.376. The Morgan fingerprint density at radius 1 is 0.793 bits per heavy atom. The van der Waals surface area contributed by atoms with Crippen LogP contribution in [0, 0.1) is 0 Å². The van der Waals surface area contributed by atoms with E-state index in [1.165, 1.54) is 12.7 Å². The maximum absolute atomic E-state index is 12.6. The first-order chi connectivity index (χ1) is 14.2. The van der Waals surface area contributed by atoms with Crippen molar-refractivity contribution < 1.29 is 19.1 Å². The number of ether oxygens (including phenoxy) is 2. The van der Waals surface area contributed by atoms with Gasteiger partial charge in [-0.1, -0.05) is 60.7 Å². The predicted octanol–water partition coefficient (Wildman–Crippen LogP) is 5.39. The quantitative estimate of drug-likeness (QED) is 0.485. The molecule has 4 nitrogen and oxygen atoms in total. The number of hydrogen-bond acceptors (Lipinski definition) is 4. The van der Waals surface area contributed by atoms with Crippen LogP contribution in [0.15, 0.2) is 84.9 Å². The topological polar surface area (TPSA) is 52.6 Å². The Labute approximate surface area is 171 Å². The highest BCUT2D eigenvalue weighted by Crippen LogP contribution is 2.26. The van der Waals surface area contributed by atoms with Gasteiger partial charge in [-0.05, 0) is 54.7 Å². The molecule has 0 aromatic heterocycles. The number of aryl methyl sites for hydroxylation is 1. The number of rotatable bonds is 8. The van der Waals surface area contributed by atoms with Gasteiger partial charge in [-0.15, -0.1) is 0 Å². The largest absolute Gasteiger partial charge is 0.465 e. The lowest BCUT2D eigenvalue weighted by molar-refractivity contribution is 0.0272. The van der Waals surface area contributed by atoms with E-state index in [1.54, 1.807) is 42.5 Å². The zero-order valence-corrected chi connectivity index (χ0v) is 16.4. The second-order valence-corrected chi connectivity index (χ2v) is 6.75. The van der Waals surface area contributed by atoms with Crippen LogP contribution >= 0.6 is 0 Å². The van der Waals surface area contributed by atoms with E-state index in [-0.39, 0.29) is 5.97 Å². The summed E-state index contributed by atoms with van der Waals surface area (Å²) < 4.78 is 10.7. The summed E-state index contributed by atoms with van der Waals surface area (Å²) in [5.41, 5.74) is 2.97. The lowest BCUT2D eigenvalue weighted by Crippen LogP contribution is -2.13. The highest BCUT2D eigenvalue weighted by molar-refractivity contribution is 5.90. The molecule has 0 aliphatic carbocycles. The van der Waals surface area contributed by atoms with Gasteiger partial charge < -0.3 is 9.47 Å². The molecule has 0 amide bonds. The lowest BCUT2D eigenvalue weighted by Gasteiger charge is -2.19. The van der Waals surface area contributed by atoms with Crippen LogP contribution in [0.25, 0.3) is 0 Å². The van der Waals surface area contributed by atoms with Gasteiger partial charge >= 0.3 is 11.9 Å². The van der Waals surface area contributed by atoms with E-state index in [0.717, 1.165) is 18.4 Å². The molecule has 0 spiro atoms. The fourth-order valence-electron chi connectivity index (χ4n) is 3.19. The molecule has 29 heavy (non-hydrogen) atoms. The molecular formula is C25H24O4. The molecule has 3 aromatic carbocycles. The summed E-state index contributed by atoms with van der Waals surface area (Å²) in [6.45, 7) is 0. The molecule has 1 atom stereocenters. The molecule has 0 radical (unpaired) electrons. The first-order valence-electron chi connectivity index (χ1n) is 9.65. The van der Waals surface area contributed by atoms with Crippen LogP contribution in [0.3, 0.4) is 0 Å². The van der Waals surface area contributed by atoms with Crippen molar-refractivity contribution in [3.63, 3.8) is 0 Å². The summed E-state index contributed by atoms with van der Waals surface area (Å²) in [7, 11) is 1.35. The average Bonchev–Trinajstić information content (AvgIpc) is 2.79. The van der Waals surface area contributed by atoms with Crippen molar-refractivity contribution in [2.75, 3.05) is 7.11 Å². The molecule has 1 unspecified atom stereocenters. The molecule has 4 heteroatoms. The van der Waals surface area contributed by atoms with Gasteiger partial charge in [0, 0.05) is 0 Å². The first kappa shape index (κ1) is 20.3. The minimum Gasteiger partial charge on any atom is -0.465 e. The highest BCUT2D eigenvalue weighted by Gasteiger charge is 2.19. The summed E-state index contributed by atoms with van der Waals surface area (Å²) in [4.78, 5) is 24.5. The SMILES string of the molecule is COC(=O)c1cccc(C(CCCc2ccccc2)OC(=O)c2ccccc2)c1. The Morgan fingerprint density at radius 2 is 1.45 bits per heavy atom. The number of methoxy groups -OCH3 is 1. The Kier molecular flexibility index (Phi) is 7.17. The third-order valence-electron chi connectivity index (χ3n) is 4.71. The zero-order chi connectivity index (χ0) is 20.5. The van der Waals surface area contributed by atoms with Crippen molar-refractivity contribution in [2.24, 2.45) is 0 Å². The fraction of sp³-hybridized carbons (Fsp3) is 0.200. The molecule has 0 aliphatic rings. The Balaban J connectivity index is 1.77. The molecule has 3 aromatic rings. The normalized spacial score (nSPS) is 11.5. The number of carbonyl (C=O) groups excluding carboxylic acids is 2. The van der Waals surface area contributed by atoms with Crippen LogP contribution in [0.5, 0.6) is 0 Å². The number of carbonyl (C=O) groups is 2. The van der Waals surface area contributed by atoms with Gasteiger partial charge in [0.05, 0.1) is 18.2 Å². The first-order valence-corrected chi connectivity index (χ1v) is 9.65. The van der Waals surface area contributed by atoms with Gasteiger partial charge in [0.25, 0.3) is 0 Å². The van der Waals surface area contributed by atoms with Crippen molar-refractivity contribution in [1.29, 1.82) is 0 Å². The van der Waals surface area contributed by atoms with Crippen LogP contribution in [-0.4, -0.2) is 19.0 Å². The lowest BCUT2D eigenvalue weighted by atomic mass is 9.99. The smallest absolute Gasteiger partial charge is 0.338 e. The van der Waals surface area contributed by atoms with Crippen molar-refractivity contribution in [2.45, 2.75) is 25.4 Å². The van der Waals surface area contributed by atoms with E-state index in [1.807, 2.05) is 30.3 Å². The summed E-state index contributed by atoms with van der Waals surface area (Å²) in [6, 6.07) is 26.2. The van der Waals surface area contributed by atoms with E-state index >= 15 is 0 Å². The summed E-state index contributed by atoms with van der Waals surface area (Å²) in [5, 5.41) is 0. The van der Waals surface area contributed by atoms with Crippen LogP contribution in [-0.2, 0) is 15.9 Å². The van der Waals surface area contributed by atoms with Crippen molar-refractivity contribution in [1.82, 2.24) is 0 Å². The molecule has 0 saturated carbocycles. The molecule has 0 aliphatic heterocycles. The van der Waals surface area contributed by atoms with Crippen LogP contribution < -0.4 is 0 Å². The predicted molar refractivity (Wildman–Crippen MR) is 112 cm³/mol. The van der Waals surface area contributed by atoms with E-state index in [4.69, 9.17) is 9.47 Å². The van der Waals surface area contributed by atoms with Crippen molar-refractivity contribution in [3.8, 4) is 0 Å². The summed E-state index contributed by atoms with van der Waals surface area (Å²) >= 11 is 0. The van der Waals surface area contributed by atoms with Crippen molar-refractivity contribution >= 4 is 11.9 Å². The number of benzene rings is 3. The third kappa shape index (κ3) is 5.79. The van der Waals surface area contributed by atoms with E-state index in [0.29, 0.717) is 17.5 Å². The maximum Gasteiger partial charge on any atom is 0.338 e. The maximum atomic E-state index is 12.6. The van der Waals surface area contributed by atoms with Crippen LogP contribution in [0.2, 0.25) is 0 Å². The second kappa shape index (κ2) is 10.2. The molecule has 148 valence electrons. The molecule has 3 rings (SSSR count). The Hall–Kier alpha value is -3.40. The van der Waals surface area contributed by atoms with Gasteiger partial charge in [-0.3, -0.25) is 0 Å². The highest BCUT2D eigenvalue weighted by atomic mass is 16.5. The van der Waals surface area contributed by atoms with E-state index < -0.39 is 12.1 Å². The third-order valence-corrected chi connectivity index (χ3v) is 4.71. The summed E-state index contributed by atoms with van der Waals surface area (Å²) in [5.74, 6) is -0.789. The molecule has 0 N–H and O–H groups in total. The average molecular weight is 388 g/mol. The van der Waals surface area contributed by atoms with Gasteiger partial charge in [0.2, 0.25) is 0 Å². The molecule has 0 bridgehead atoms. The van der Waals surface area contributed by atoms with Gasteiger partial charge in [-0.2, -0.15) is 0 Å². The molecule has 0 heterocycles. The Morgan fingerprint density at radius 3 is 2.14 bits per heavy atom. The minimum atomic E-state index is -0.448. The van der Waals surface area contributed by atoms with Crippen LogP contribution in [0.4, 0.5) is 0 Å². The second-order valence-electron chi connectivity index (χ2n) is 6.75. The van der Waals surface area contributed by atoms with Crippen molar-refractivity contribution in [3.05, 3.63) is 107 Å². The standard InChI is InChI=1S/C25H24O4/c1-28-24(26)22-16-9-15-21(18-22)23(17-8-12-19-10-4-2-5-11-19)29-25(27)20-13-6-3-7-14-20/h2-7,9-11,13-16,18,23H,8,12,17H2,1H3. The Bertz CT molecular complexity index is 935. The fourth-order valence-corrected chi connectivity index (χ4v) is 3.19. The van der Waals surface area contributed by atoms with Gasteiger partial charge in [0.1, 0.15) is 6.10 Å². The van der Waals surface area contributed by atoms with E-state index in [9.17, 15) is 9.59 Å². The molecular weight excluding hydrogens is 364 g/mol. The monoisotopic (exact) mass is 388 g/mol. The van der Waals surface area contributed by atoms with Crippen LogP contribution in [0.1, 0.15) is 50.8 Å². The molecule has 0 fully saturated rings. The molecule has 0 saturated heterocycles. The summed E-state index contributed by atoms with van der Waals surface area (Å²) in [6.07, 6.45) is 1.94. The number of hydrogen-bond donors (Lipinski definition) is 0. The van der Waals surface area contributed by atoms with Gasteiger partial charge in [0.15, 0.2) is 0 Å². The van der Waals surface area contributed by atoms with E-state index in [2.05, 4.69) is 12.1 Å². The number of esters is 2. The van der Waals surface area contributed by atoms with Gasteiger partial charge in [-0.25, -0.2) is 9.59 Å². The zero-order valence-electron chi connectivity index (χ0n) is 16.4.